The number of aliphatic hydroxyl groups excluding tert-OH is 1. The van der Waals surface area contributed by atoms with Crippen molar-refractivity contribution in [3.05, 3.63) is 92.1 Å². The second-order valence-electron chi connectivity index (χ2n) is 6.79. The molecule has 5 nitrogen and oxygen atoms in total. The lowest BCUT2D eigenvalue weighted by atomic mass is 9.95. The van der Waals surface area contributed by atoms with Gasteiger partial charge in [-0.15, -0.1) is 11.3 Å². The molecule has 3 aromatic rings. The zero-order chi connectivity index (χ0) is 21.3. The van der Waals surface area contributed by atoms with E-state index in [4.69, 9.17) is 4.74 Å². The van der Waals surface area contributed by atoms with E-state index in [1.807, 2.05) is 41.8 Å². The number of halogens is 1. The molecule has 2 aromatic carbocycles. The molecule has 152 valence electrons. The van der Waals surface area contributed by atoms with E-state index in [9.17, 15) is 14.7 Å². The van der Waals surface area contributed by atoms with Crippen LogP contribution in [0.4, 0.5) is 0 Å². The number of likely N-dealkylation sites (tertiary alicyclic amines) is 1. The van der Waals surface area contributed by atoms with Crippen LogP contribution in [0.3, 0.4) is 0 Å². The summed E-state index contributed by atoms with van der Waals surface area (Å²) in [7, 11) is 1.53. The molecule has 1 fully saturated rings. The van der Waals surface area contributed by atoms with Crippen LogP contribution in [0.2, 0.25) is 0 Å². The highest BCUT2D eigenvalue weighted by Gasteiger charge is 2.46. The summed E-state index contributed by atoms with van der Waals surface area (Å²) in [5.41, 5.74) is 1.25. The lowest BCUT2D eigenvalue weighted by Crippen LogP contribution is -2.28. The number of ether oxygens (including phenoxy) is 1. The molecule has 1 aromatic heterocycles. The lowest BCUT2D eigenvalue weighted by molar-refractivity contribution is -0.140. The summed E-state index contributed by atoms with van der Waals surface area (Å²) in [6.07, 6.45) is 0. The molecule has 1 aliphatic heterocycles. The Balaban J connectivity index is 1.86. The number of carbonyl (C=O) groups is 2. The fraction of sp³-hybridized carbons (Fsp3) is 0.130. The summed E-state index contributed by atoms with van der Waals surface area (Å²) in [5.74, 6) is -0.985. The van der Waals surface area contributed by atoms with Gasteiger partial charge in [0.05, 0.1) is 25.3 Å². The Bertz CT molecular complexity index is 1120. The quantitative estimate of drug-likeness (QED) is 0.310. The molecular formula is C23H18BrNO4S. The van der Waals surface area contributed by atoms with Crippen molar-refractivity contribution in [2.45, 2.75) is 12.6 Å². The Morgan fingerprint density at radius 3 is 2.57 bits per heavy atom. The Morgan fingerprint density at radius 1 is 1.13 bits per heavy atom. The van der Waals surface area contributed by atoms with Crippen molar-refractivity contribution in [3.63, 3.8) is 0 Å². The van der Waals surface area contributed by atoms with Crippen LogP contribution < -0.4 is 4.74 Å². The smallest absolute Gasteiger partial charge is 0.295 e. The average molecular weight is 484 g/mol. The topological polar surface area (TPSA) is 66.8 Å². The van der Waals surface area contributed by atoms with Crippen molar-refractivity contribution in [2.24, 2.45) is 0 Å². The van der Waals surface area contributed by atoms with Crippen LogP contribution in [0, 0.1) is 0 Å². The summed E-state index contributed by atoms with van der Waals surface area (Å²) in [6, 6.07) is 17.3. The Labute approximate surface area is 186 Å². The SMILES string of the molecule is COc1cccc(/C(O)=C2\C(=O)C(=O)N(Cc3cccs3)C2c2ccc(Br)cc2)c1. The summed E-state index contributed by atoms with van der Waals surface area (Å²) < 4.78 is 6.12. The van der Waals surface area contributed by atoms with Crippen LogP contribution in [-0.2, 0) is 16.1 Å². The number of rotatable bonds is 5. The van der Waals surface area contributed by atoms with Gasteiger partial charge in [-0.3, -0.25) is 9.59 Å². The van der Waals surface area contributed by atoms with Crippen LogP contribution >= 0.6 is 27.3 Å². The van der Waals surface area contributed by atoms with E-state index in [1.165, 1.54) is 23.3 Å². The van der Waals surface area contributed by atoms with Gasteiger partial charge in [0.15, 0.2) is 0 Å². The molecule has 0 bridgehead atoms. The number of carbonyl (C=O) groups excluding carboxylic acids is 2. The first-order chi connectivity index (χ1) is 14.5. The number of hydrogen-bond donors (Lipinski definition) is 1. The second-order valence-corrected chi connectivity index (χ2v) is 8.74. The van der Waals surface area contributed by atoms with Crippen LogP contribution in [-0.4, -0.2) is 28.8 Å². The molecule has 1 saturated heterocycles. The van der Waals surface area contributed by atoms with Crippen LogP contribution in [0.1, 0.15) is 22.0 Å². The van der Waals surface area contributed by atoms with Gasteiger partial charge in [-0.1, -0.05) is 46.3 Å². The molecule has 0 saturated carbocycles. The van der Waals surface area contributed by atoms with Crippen LogP contribution in [0.15, 0.2) is 76.1 Å². The number of thiophene rings is 1. The fourth-order valence-electron chi connectivity index (χ4n) is 3.53. The number of aliphatic hydroxyl groups is 1. The van der Waals surface area contributed by atoms with Gasteiger partial charge in [0.25, 0.3) is 11.7 Å². The Hall–Kier alpha value is -2.90. The van der Waals surface area contributed by atoms with E-state index in [0.717, 1.165) is 14.9 Å². The van der Waals surface area contributed by atoms with Gasteiger partial charge in [-0.05, 0) is 41.3 Å². The largest absolute Gasteiger partial charge is 0.507 e. The average Bonchev–Trinajstić information content (AvgIpc) is 3.36. The number of methoxy groups -OCH3 is 1. The minimum absolute atomic E-state index is 0.0760. The highest BCUT2D eigenvalue weighted by molar-refractivity contribution is 9.10. The van der Waals surface area contributed by atoms with Gasteiger partial charge in [0.1, 0.15) is 11.5 Å². The molecule has 1 atom stereocenters. The molecule has 0 aliphatic carbocycles. The molecule has 1 amide bonds. The van der Waals surface area contributed by atoms with Gasteiger partial charge in [-0.25, -0.2) is 0 Å². The number of benzene rings is 2. The maximum atomic E-state index is 13.0. The van der Waals surface area contributed by atoms with Crippen molar-refractivity contribution in [1.29, 1.82) is 0 Å². The third-order valence-electron chi connectivity index (χ3n) is 4.98. The number of nitrogens with zero attached hydrogens (tertiary/aromatic N) is 1. The van der Waals surface area contributed by atoms with Crippen molar-refractivity contribution in [1.82, 2.24) is 4.90 Å². The van der Waals surface area contributed by atoms with E-state index in [-0.39, 0.29) is 17.9 Å². The van der Waals surface area contributed by atoms with Gasteiger partial charge < -0.3 is 14.7 Å². The third kappa shape index (κ3) is 3.78. The third-order valence-corrected chi connectivity index (χ3v) is 6.36. The fourth-order valence-corrected chi connectivity index (χ4v) is 4.50. The van der Waals surface area contributed by atoms with Crippen molar-refractivity contribution in [2.75, 3.05) is 7.11 Å². The molecule has 7 heteroatoms. The first-order valence-corrected chi connectivity index (χ1v) is 10.9. The Morgan fingerprint density at radius 2 is 1.90 bits per heavy atom. The molecule has 1 N–H and O–H groups in total. The lowest BCUT2D eigenvalue weighted by Gasteiger charge is -2.25. The van der Waals surface area contributed by atoms with Gasteiger partial charge >= 0.3 is 0 Å². The number of Topliss-reactive ketones (excluding diaryl/α,β-unsaturated/α-hetero) is 1. The van der Waals surface area contributed by atoms with E-state index in [2.05, 4.69) is 15.9 Å². The van der Waals surface area contributed by atoms with Gasteiger partial charge in [0, 0.05) is 14.9 Å². The monoisotopic (exact) mass is 483 g/mol. The van der Waals surface area contributed by atoms with Crippen molar-refractivity contribution >= 4 is 44.7 Å². The van der Waals surface area contributed by atoms with E-state index < -0.39 is 17.7 Å². The maximum Gasteiger partial charge on any atom is 0.295 e. The number of ketones is 1. The van der Waals surface area contributed by atoms with Crippen LogP contribution in [0.5, 0.6) is 5.75 Å². The highest BCUT2D eigenvalue weighted by atomic mass is 79.9. The van der Waals surface area contributed by atoms with Crippen molar-refractivity contribution < 1.29 is 19.4 Å². The molecule has 1 unspecified atom stereocenters. The first kappa shape index (κ1) is 20.4. The minimum Gasteiger partial charge on any atom is -0.507 e. The summed E-state index contributed by atoms with van der Waals surface area (Å²) >= 11 is 4.93. The molecule has 0 radical (unpaired) electrons. The molecule has 4 rings (SSSR count). The molecule has 2 heterocycles. The Kier molecular flexibility index (Phi) is 5.74. The molecular weight excluding hydrogens is 466 g/mol. The molecule has 0 spiro atoms. The predicted octanol–water partition coefficient (Wildman–Crippen LogP) is 5.14. The summed E-state index contributed by atoms with van der Waals surface area (Å²) in [5, 5.41) is 13.0. The van der Waals surface area contributed by atoms with Crippen LogP contribution in [0.25, 0.3) is 5.76 Å². The maximum absolute atomic E-state index is 13.0. The summed E-state index contributed by atoms with van der Waals surface area (Å²) in [4.78, 5) is 28.4. The van der Waals surface area contributed by atoms with E-state index in [0.29, 0.717) is 11.3 Å². The minimum atomic E-state index is -0.695. The zero-order valence-electron chi connectivity index (χ0n) is 16.0. The first-order valence-electron chi connectivity index (χ1n) is 9.20. The van der Waals surface area contributed by atoms with E-state index >= 15 is 0 Å². The zero-order valence-corrected chi connectivity index (χ0v) is 18.4. The number of hydrogen-bond acceptors (Lipinski definition) is 5. The van der Waals surface area contributed by atoms with Gasteiger partial charge in [0.2, 0.25) is 0 Å². The van der Waals surface area contributed by atoms with E-state index in [1.54, 1.807) is 24.3 Å². The molecule has 30 heavy (non-hydrogen) atoms. The van der Waals surface area contributed by atoms with Crippen molar-refractivity contribution in [3.8, 4) is 5.75 Å². The normalized spacial score (nSPS) is 18.1. The standard InChI is InChI=1S/C23H18BrNO4S/c1-29-17-5-2-4-15(12-17)21(26)19-20(14-7-9-16(24)10-8-14)25(23(28)22(19)27)13-18-6-3-11-30-18/h2-12,20,26H,13H2,1H3/b21-19+. The second kappa shape index (κ2) is 8.45. The number of amides is 1. The summed E-state index contributed by atoms with van der Waals surface area (Å²) in [6.45, 7) is 0.290. The highest BCUT2D eigenvalue weighted by Crippen LogP contribution is 2.41. The molecule has 1 aliphatic rings. The van der Waals surface area contributed by atoms with Gasteiger partial charge in [-0.2, -0.15) is 0 Å². The predicted molar refractivity (Wildman–Crippen MR) is 119 cm³/mol.